The highest BCUT2D eigenvalue weighted by atomic mass is 35.5. The third-order valence-corrected chi connectivity index (χ3v) is 5.46. The maximum atomic E-state index is 6.55. The van der Waals surface area contributed by atoms with Crippen LogP contribution in [0.1, 0.15) is 25.6 Å². The monoisotopic (exact) mass is 361 g/mol. The highest BCUT2D eigenvalue weighted by Gasteiger charge is 2.29. The van der Waals surface area contributed by atoms with E-state index in [1.807, 2.05) is 25.2 Å². The average molecular weight is 362 g/mol. The van der Waals surface area contributed by atoms with Crippen molar-refractivity contribution in [1.29, 1.82) is 0 Å². The Kier molecular flexibility index (Phi) is 5.79. The lowest BCUT2D eigenvalue weighted by atomic mass is 10.1. The number of benzene rings is 1. The Morgan fingerprint density at radius 1 is 1.08 bits per heavy atom. The molecular formula is C19H28ClN5. The molecule has 0 bridgehead atoms. The molecule has 136 valence electrons. The molecule has 1 aromatic heterocycles. The fourth-order valence-corrected chi connectivity index (χ4v) is 4.02. The number of hydrogen-bond donors (Lipinski definition) is 1. The van der Waals surface area contributed by atoms with Gasteiger partial charge in [-0.3, -0.25) is 9.80 Å². The second-order valence-corrected chi connectivity index (χ2v) is 7.31. The molecule has 0 radical (unpaired) electrons. The van der Waals surface area contributed by atoms with Crippen molar-refractivity contribution in [2.75, 3.05) is 32.7 Å². The SMILES string of the molecule is CC(C)N1CCN(C(CN)c2c(Cl)nc(-c3ccccc3)n2C)CC1. The number of hydrogen-bond acceptors (Lipinski definition) is 4. The summed E-state index contributed by atoms with van der Waals surface area (Å²) in [5.74, 6) is 0.889. The van der Waals surface area contributed by atoms with Crippen LogP contribution in [0.3, 0.4) is 0 Å². The fraction of sp³-hybridized carbons (Fsp3) is 0.526. The zero-order valence-electron chi connectivity index (χ0n) is 15.3. The van der Waals surface area contributed by atoms with Crippen LogP contribution in [0.2, 0.25) is 5.15 Å². The van der Waals surface area contributed by atoms with E-state index in [0.29, 0.717) is 17.7 Å². The first kappa shape index (κ1) is 18.4. The lowest BCUT2D eigenvalue weighted by Gasteiger charge is -2.40. The van der Waals surface area contributed by atoms with E-state index in [0.717, 1.165) is 43.3 Å². The predicted octanol–water partition coefficient (Wildman–Crippen LogP) is 2.77. The number of rotatable bonds is 5. The molecule has 1 aromatic carbocycles. The van der Waals surface area contributed by atoms with Crippen molar-refractivity contribution in [3.63, 3.8) is 0 Å². The van der Waals surface area contributed by atoms with Crippen molar-refractivity contribution in [3.05, 3.63) is 41.2 Å². The quantitative estimate of drug-likeness (QED) is 0.889. The van der Waals surface area contributed by atoms with Crippen LogP contribution in [-0.4, -0.2) is 58.1 Å². The maximum absolute atomic E-state index is 6.55. The molecule has 6 heteroatoms. The van der Waals surface area contributed by atoms with E-state index in [9.17, 15) is 0 Å². The number of piperazine rings is 1. The van der Waals surface area contributed by atoms with Crippen molar-refractivity contribution in [2.45, 2.75) is 25.9 Å². The van der Waals surface area contributed by atoms with Crippen LogP contribution < -0.4 is 5.73 Å². The van der Waals surface area contributed by atoms with Gasteiger partial charge in [-0.15, -0.1) is 0 Å². The molecule has 0 spiro atoms. The van der Waals surface area contributed by atoms with Gasteiger partial charge in [0, 0.05) is 51.4 Å². The van der Waals surface area contributed by atoms with Crippen LogP contribution >= 0.6 is 11.6 Å². The fourth-order valence-electron chi connectivity index (χ4n) is 3.68. The Labute approximate surface area is 155 Å². The normalized spacial score (nSPS) is 18.0. The van der Waals surface area contributed by atoms with Crippen LogP contribution in [0.4, 0.5) is 0 Å². The van der Waals surface area contributed by atoms with Crippen molar-refractivity contribution in [2.24, 2.45) is 12.8 Å². The second-order valence-electron chi connectivity index (χ2n) is 6.95. The van der Waals surface area contributed by atoms with Gasteiger partial charge >= 0.3 is 0 Å². The highest BCUT2D eigenvalue weighted by molar-refractivity contribution is 6.30. The standard InChI is InChI=1S/C19H28ClN5/c1-14(2)24-9-11-25(12-10-24)16(13-21)17-18(20)22-19(23(17)3)15-7-5-4-6-8-15/h4-8,14,16H,9-13,21H2,1-3H3. The van der Waals surface area contributed by atoms with E-state index in [4.69, 9.17) is 17.3 Å². The highest BCUT2D eigenvalue weighted by Crippen LogP contribution is 2.31. The van der Waals surface area contributed by atoms with Gasteiger partial charge < -0.3 is 10.3 Å². The summed E-state index contributed by atoms with van der Waals surface area (Å²) in [5, 5.41) is 0.558. The van der Waals surface area contributed by atoms with Crippen LogP contribution in [0.15, 0.2) is 30.3 Å². The van der Waals surface area contributed by atoms with Gasteiger partial charge in [0.2, 0.25) is 0 Å². The number of halogens is 1. The molecule has 1 aliphatic rings. The average Bonchev–Trinajstić information content (AvgIpc) is 2.92. The lowest BCUT2D eigenvalue weighted by Crippen LogP contribution is -2.51. The van der Waals surface area contributed by atoms with Gasteiger partial charge in [-0.2, -0.15) is 0 Å². The molecule has 0 amide bonds. The molecule has 2 heterocycles. The van der Waals surface area contributed by atoms with E-state index < -0.39 is 0 Å². The summed E-state index contributed by atoms with van der Waals surface area (Å²) < 4.78 is 2.10. The summed E-state index contributed by atoms with van der Waals surface area (Å²) in [7, 11) is 2.03. The summed E-state index contributed by atoms with van der Waals surface area (Å²) in [6.45, 7) is 9.17. The zero-order chi connectivity index (χ0) is 18.0. The minimum Gasteiger partial charge on any atom is -0.329 e. The first-order valence-corrected chi connectivity index (χ1v) is 9.36. The molecule has 1 aliphatic heterocycles. The summed E-state index contributed by atoms with van der Waals surface area (Å²) in [6.07, 6.45) is 0. The van der Waals surface area contributed by atoms with E-state index in [-0.39, 0.29) is 6.04 Å². The van der Waals surface area contributed by atoms with Gasteiger partial charge in [-0.1, -0.05) is 41.9 Å². The van der Waals surface area contributed by atoms with E-state index >= 15 is 0 Å². The van der Waals surface area contributed by atoms with Crippen molar-refractivity contribution in [3.8, 4) is 11.4 Å². The van der Waals surface area contributed by atoms with Crippen LogP contribution in [-0.2, 0) is 7.05 Å². The molecule has 1 atom stereocenters. The Hall–Kier alpha value is -1.40. The Morgan fingerprint density at radius 2 is 1.68 bits per heavy atom. The van der Waals surface area contributed by atoms with Gasteiger partial charge in [-0.05, 0) is 13.8 Å². The van der Waals surface area contributed by atoms with Gasteiger partial charge in [0.25, 0.3) is 0 Å². The first-order chi connectivity index (χ1) is 12.0. The Bertz CT molecular complexity index is 689. The van der Waals surface area contributed by atoms with Crippen LogP contribution in [0.25, 0.3) is 11.4 Å². The number of aromatic nitrogens is 2. The Balaban J connectivity index is 1.86. The topological polar surface area (TPSA) is 50.3 Å². The summed E-state index contributed by atoms with van der Waals surface area (Å²) in [4.78, 5) is 9.57. The van der Waals surface area contributed by atoms with Crippen molar-refractivity contribution >= 4 is 11.6 Å². The summed E-state index contributed by atoms with van der Waals surface area (Å²) in [6, 6.07) is 10.8. The molecule has 1 saturated heterocycles. The first-order valence-electron chi connectivity index (χ1n) is 8.98. The number of imidazole rings is 1. The molecule has 5 nitrogen and oxygen atoms in total. The molecule has 25 heavy (non-hydrogen) atoms. The van der Waals surface area contributed by atoms with Crippen molar-refractivity contribution < 1.29 is 0 Å². The number of nitrogens with zero attached hydrogens (tertiary/aromatic N) is 4. The van der Waals surface area contributed by atoms with Crippen LogP contribution in [0.5, 0.6) is 0 Å². The van der Waals surface area contributed by atoms with E-state index in [1.165, 1.54) is 0 Å². The summed E-state index contributed by atoms with van der Waals surface area (Å²) in [5.41, 5.74) is 8.24. The molecule has 1 unspecified atom stereocenters. The zero-order valence-corrected chi connectivity index (χ0v) is 16.1. The van der Waals surface area contributed by atoms with Gasteiger partial charge in [0.1, 0.15) is 5.82 Å². The van der Waals surface area contributed by atoms with Crippen molar-refractivity contribution in [1.82, 2.24) is 19.4 Å². The van der Waals surface area contributed by atoms with Crippen LogP contribution in [0, 0.1) is 0 Å². The van der Waals surface area contributed by atoms with Gasteiger partial charge in [-0.25, -0.2) is 4.98 Å². The molecular weight excluding hydrogens is 334 g/mol. The van der Waals surface area contributed by atoms with Gasteiger partial charge in [0.15, 0.2) is 5.15 Å². The number of nitrogens with two attached hydrogens (primary N) is 1. The second kappa shape index (κ2) is 7.87. The molecule has 2 aromatic rings. The Morgan fingerprint density at radius 3 is 2.24 bits per heavy atom. The predicted molar refractivity (Wildman–Crippen MR) is 104 cm³/mol. The molecule has 3 rings (SSSR count). The summed E-state index contributed by atoms with van der Waals surface area (Å²) >= 11 is 6.55. The largest absolute Gasteiger partial charge is 0.329 e. The molecule has 0 saturated carbocycles. The third kappa shape index (κ3) is 3.75. The smallest absolute Gasteiger partial charge is 0.152 e. The van der Waals surface area contributed by atoms with E-state index in [2.05, 4.69) is 45.3 Å². The van der Waals surface area contributed by atoms with E-state index in [1.54, 1.807) is 0 Å². The molecule has 1 fully saturated rings. The maximum Gasteiger partial charge on any atom is 0.152 e. The lowest BCUT2D eigenvalue weighted by molar-refractivity contribution is 0.0781. The van der Waals surface area contributed by atoms with Gasteiger partial charge in [0.05, 0.1) is 11.7 Å². The minimum absolute atomic E-state index is 0.0942. The molecule has 2 N–H and O–H groups in total. The molecule has 0 aliphatic carbocycles. The third-order valence-electron chi connectivity index (χ3n) is 5.19. The minimum atomic E-state index is 0.0942.